The maximum Gasteiger partial charge on any atom is 0.265 e. The predicted octanol–water partition coefficient (Wildman–Crippen LogP) is 4.99. The summed E-state index contributed by atoms with van der Waals surface area (Å²) in [5.74, 6) is 1.28. The van der Waals surface area contributed by atoms with Gasteiger partial charge in [0.1, 0.15) is 11.5 Å². The lowest BCUT2D eigenvalue weighted by atomic mass is 10.0. The highest BCUT2D eigenvalue weighted by Gasteiger charge is 2.28. The van der Waals surface area contributed by atoms with Gasteiger partial charge in [0.05, 0.1) is 17.9 Å². The van der Waals surface area contributed by atoms with Crippen LogP contribution in [0.15, 0.2) is 53.1 Å². The first-order valence-corrected chi connectivity index (χ1v) is 10.9. The number of benzene rings is 2. The Kier molecular flexibility index (Phi) is 6.31. The minimum absolute atomic E-state index is 0.0413. The van der Waals surface area contributed by atoms with Crippen molar-refractivity contribution in [2.75, 3.05) is 16.8 Å². The van der Waals surface area contributed by atoms with E-state index in [-0.39, 0.29) is 18.4 Å². The first kappa shape index (κ1) is 22.3. The van der Waals surface area contributed by atoms with Gasteiger partial charge in [-0.3, -0.25) is 9.59 Å². The molecule has 1 aromatic heterocycles. The van der Waals surface area contributed by atoms with Crippen LogP contribution in [0.4, 0.5) is 11.4 Å². The maximum absolute atomic E-state index is 12.6. The Labute approximate surface area is 193 Å². The van der Waals surface area contributed by atoms with Crippen molar-refractivity contribution in [3.8, 4) is 5.75 Å². The lowest BCUT2D eigenvalue weighted by molar-refractivity contribution is -0.121. The standard InChI is InChI=1S/C26H27N3O4/c1-16(2)20-8-5-19(6-9-20)7-12-25(30)27-21-10-11-24-23(13-21)29(26(31)15-32-24)14-22-17(3)28-33-18(22)4/h5-13,16H,14-15H2,1-4H3,(H,27,30)/b12-7+. The fourth-order valence-corrected chi connectivity index (χ4v) is 3.69. The Bertz CT molecular complexity index is 1190. The molecule has 2 heterocycles. The molecule has 3 aromatic rings. The first-order chi connectivity index (χ1) is 15.8. The average molecular weight is 446 g/mol. The maximum atomic E-state index is 12.6. The van der Waals surface area contributed by atoms with Crippen molar-refractivity contribution >= 4 is 29.3 Å². The number of aromatic nitrogens is 1. The fraction of sp³-hybridized carbons (Fsp3) is 0.269. The summed E-state index contributed by atoms with van der Waals surface area (Å²) in [4.78, 5) is 26.7. The molecule has 0 unspecified atom stereocenters. The molecule has 4 rings (SSSR count). The molecule has 0 aliphatic carbocycles. The molecular weight excluding hydrogens is 418 g/mol. The van der Waals surface area contributed by atoms with Crippen LogP contribution in [0.1, 0.15) is 47.9 Å². The molecule has 0 saturated carbocycles. The van der Waals surface area contributed by atoms with Gasteiger partial charge in [-0.25, -0.2) is 0 Å². The number of rotatable bonds is 6. The van der Waals surface area contributed by atoms with E-state index in [4.69, 9.17) is 9.26 Å². The Morgan fingerprint density at radius 2 is 1.94 bits per heavy atom. The number of hydrogen-bond acceptors (Lipinski definition) is 5. The van der Waals surface area contributed by atoms with Crippen LogP contribution in [-0.2, 0) is 16.1 Å². The summed E-state index contributed by atoms with van der Waals surface area (Å²) in [5.41, 5.74) is 4.97. The van der Waals surface area contributed by atoms with Crippen LogP contribution in [0.25, 0.3) is 6.08 Å². The minimum atomic E-state index is -0.261. The van der Waals surface area contributed by atoms with Gasteiger partial charge in [-0.2, -0.15) is 0 Å². The molecule has 170 valence electrons. The van der Waals surface area contributed by atoms with Crippen molar-refractivity contribution in [2.24, 2.45) is 0 Å². The topological polar surface area (TPSA) is 84.7 Å². The zero-order valence-electron chi connectivity index (χ0n) is 19.2. The molecule has 0 radical (unpaired) electrons. The number of anilines is 2. The Morgan fingerprint density at radius 3 is 2.61 bits per heavy atom. The van der Waals surface area contributed by atoms with Gasteiger partial charge in [0.25, 0.3) is 5.91 Å². The van der Waals surface area contributed by atoms with Gasteiger partial charge in [-0.1, -0.05) is 43.3 Å². The van der Waals surface area contributed by atoms with E-state index in [0.29, 0.717) is 35.3 Å². The Hall–Kier alpha value is -3.87. The second-order valence-electron chi connectivity index (χ2n) is 8.40. The van der Waals surface area contributed by atoms with Crippen molar-refractivity contribution in [3.05, 3.63) is 76.7 Å². The van der Waals surface area contributed by atoms with Gasteiger partial charge in [0.15, 0.2) is 6.61 Å². The highest BCUT2D eigenvalue weighted by Crippen LogP contribution is 2.36. The molecular formula is C26H27N3O4. The van der Waals surface area contributed by atoms with Crippen molar-refractivity contribution in [3.63, 3.8) is 0 Å². The van der Waals surface area contributed by atoms with Gasteiger partial charge < -0.3 is 19.5 Å². The summed E-state index contributed by atoms with van der Waals surface area (Å²) < 4.78 is 10.8. The van der Waals surface area contributed by atoms with Crippen LogP contribution in [0, 0.1) is 13.8 Å². The Balaban J connectivity index is 1.50. The molecule has 33 heavy (non-hydrogen) atoms. The summed E-state index contributed by atoms with van der Waals surface area (Å²) in [5, 5.41) is 6.83. The lowest BCUT2D eigenvalue weighted by Crippen LogP contribution is -2.38. The molecule has 0 spiro atoms. The normalized spacial score (nSPS) is 13.4. The largest absolute Gasteiger partial charge is 0.482 e. The molecule has 7 nitrogen and oxygen atoms in total. The van der Waals surface area contributed by atoms with E-state index in [0.717, 1.165) is 16.8 Å². The number of nitrogens with one attached hydrogen (secondary N) is 1. The summed E-state index contributed by atoms with van der Waals surface area (Å²) in [6, 6.07) is 13.4. The average Bonchev–Trinajstić information content (AvgIpc) is 3.12. The highest BCUT2D eigenvalue weighted by molar-refractivity contribution is 6.03. The van der Waals surface area contributed by atoms with Crippen LogP contribution >= 0.6 is 0 Å². The van der Waals surface area contributed by atoms with E-state index >= 15 is 0 Å². The Morgan fingerprint density at radius 1 is 1.18 bits per heavy atom. The highest BCUT2D eigenvalue weighted by atomic mass is 16.5. The van der Waals surface area contributed by atoms with Crippen molar-refractivity contribution < 1.29 is 18.8 Å². The van der Waals surface area contributed by atoms with Crippen LogP contribution in [0.2, 0.25) is 0 Å². The molecule has 1 aliphatic heterocycles. The molecule has 0 saturated heterocycles. The minimum Gasteiger partial charge on any atom is -0.482 e. The fourth-order valence-electron chi connectivity index (χ4n) is 3.69. The van der Waals surface area contributed by atoms with Crippen molar-refractivity contribution in [1.82, 2.24) is 5.16 Å². The van der Waals surface area contributed by atoms with Gasteiger partial charge in [0.2, 0.25) is 5.91 Å². The summed E-state index contributed by atoms with van der Waals surface area (Å²) in [7, 11) is 0. The monoisotopic (exact) mass is 445 g/mol. The van der Waals surface area contributed by atoms with Gasteiger partial charge >= 0.3 is 0 Å². The second kappa shape index (κ2) is 9.32. The zero-order valence-corrected chi connectivity index (χ0v) is 19.2. The van der Waals surface area contributed by atoms with E-state index < -0.39 is 0 Å². The third-order valence-electron chi connectivity index (χ3n) is 5.70. The van der Waals surface area contributed by atoms with E-state index in [9.17, 15) is 9.59 Å². The van der Waals surface area contributed by atoms with Gasteiger partial charge in [0, 0.05) is 17.3 Å². The quantitative estimate of drug-likeness (QED) is 0.540. The van der Waals surface area contributed by atoms with E-state index in [2.05, 4.69) is 36.5 Å². The van der Waals surface area contributed by atoms with E-state index in [1.165, 1.54) is 11.6 Å². The number of fused-ring (bicyclic) bond motifs is 1. The molecule has 2 aromatic carbocycles. The summed E-state index contributed by atoms with van der Waals surface area (Å²) in [6.07, 6.45) is 3.27. The first-order valence-electron chi connectivity index (χ1n) is 10.9. The second-order valence-corrected chi connectivity index (χ2v) is 8.40. The zero-order chi connectivity index (χ0) is 23.5. The molecule has 2 amide bonds. The molecule has 7 heteroatoms. The molecule has 0 atom stereocenters. The number of ether oxygens (including phenoxy) is 1. The number of hydrogen-bond donors (Lipinski definition) is 1. The number of amides is 2. The van der Waals surface area contributed by atoms with Crippen LogP contribution in [0.5, 0.6) is 5.75 Å². The van der Waals surface area contributed by atoms with Crippen molar-refractivity contribution in [1.29, 1.82) is 0 Å². The molecule has 1 aliphatic rings. The molecule has 1 N–H and O–H groups in total. The number of nitrogens with zero attached hydrogens (tertiary/aromatic N) is 2. The van der Waals surface area contributed by atoms with Crippen LogP contribution in [0.3, 0.4) is 0 Å². The van der Waals surface area contributed by atoms with Gasteiger partial charge in [-0.15, -0.1) is 0 Å². The molecule has 0 bridgehead atoms. The van der Waals surface area contributed by atoms with Crippen LogP contribution < -0.4 is 15.0 Å². The number of carbonyl (C=O) groups excluding carboxylic acids is 2. The third kappa shape index (κ3) is 4.98. The lowest BCUT2D eigenvalue weighted by Gasteiger charge is -2.29. The van der Waals surface area contributed by atoms with Gasteiger partial charge in [-0.05, 0) is 55.2 Å². The van der Waals surface area contributed by atoms with E-state index in [1.54, 1.807) is 29.2 Å². The van der Waals surface area contributed by atoms with Crippen molar-refractivity contribution in [2.45, 2.75) is 40.2 Å². The third-order valence-corrected chi connectivity index (χ3v) is 5.70. The number of aryl methyl sites for hydroxylation is 2. The smallest absolute Gasteiger partial charge is 0.265 e. The van der Waals surface area contributed by atoms with E-state index in [1.807, 2.05) is 26.0 Å². The number of carbonyl (C=O) groups is 2. The summed E-state index contributed by atoms with van der Waals surface area (Å²) in [6.45, 7) is 8.23. The van der Waals surface area contributed by atoms with Crippen LogP contribution in [-0.4, -0.2) is 23.6 Å². The SMILES string of the molecule is Cc1noc(C)c1CN1C(=O)COc2ccc(NC(=O)/C=C/c3ccc(C(C)C)cc3)cc21. The predicted molar refractivity (Wildman–Crippen MR) is 127 cm³/mol. The summed E-state index contributed by atoms with van der Waals surface area (Å²) >= 11 is 0. The molecule has 0 fully saturated rings.